The summed E-state index contributed by atoms with van der Waals surface area (Å²) in [5, 5.41) is 104. The van der Waals surface area contributed by atoms with Crippen LogP contribution in [0.4, 0.5) is 0 Å². The summed E-state index contributed by atoms with van der Waals surface area (Å²) < 4.78 is 39.3. The second kappa shape index (κ2) is 14.7. The number of hydrogen-bond donors (Lipinski definition) is 10. The van der Waals surface area contributed by atoms with E-state index in [2.05, 4.69) is 4.98 Å². The van der Waals surface area contributed by atoms with E-state index in [9.17, 15) is 55.9 Å². The minimum Gasteiger partial charge on any atom is -0.462 e. The van der Waals surface area contributed by atoms with E-state index in [4.69, 9.17) is 32.8 Å². The summed E-state index contributed by atoms with van der Waals surface area (Å²) >= 11 is 0. The van der Waals surface area contributed by atoms with E-state index in [0.29, 0.717) is 11.2 Å². The molecule has 4 aliphatic heterocycles. The van der Waals surface area contributed by atoms with Gasteiger partial charge in [-0.2, -0.15) is 0 Å². The molecule has 0 amide bonds. The van der Waals surface area contributed by atoms with Gasteiger partial charge in [0, 0.05) is 12.1 Å². The molecule has 10 N–H and O–H groups in total. The van der Waals surface area contributed by atoms with Gasteiger partial charge in [0.15, 0.2) is 29.4 Å². The molecule has 3 fully saturated rings. The van der Waals surface area contributed by atoms with Gasteiger partial charge in [0.2, 0.25) is 6.29 Å². The van der Waals surface area contributed by atoms with Crippen LogP contribution in [0.15, 0.2) is 45.6 Å². The van der Waals surface area contributed by atoms with Crippen molar-refractivity contribution in [2.75, 3.05) is 19.8 Å². The predicted molar refractivity (Wildman–Crippen MR) is 157 cm³/mol. The van der Waals surface area contributed by atoms with Crippen LogP contribution in [0.3, 0.4) is 0 Å². The Morgan fingerprint density at radius 1 is 0.612 bits per heavy atom. The van der Waals surface area contributed by atoms with Crippen LogP contribution in [-0.4, -0.2) is 168 Å². The Morgan fingerprint density at radius 2 is 1.16 bits per heavy atom. The van der Waals surface area contributed by atoms with Crippen molar-refractivity contribution in [3.63, 3.8) is 0 Å². The first-order valence-corrected chi connectivity index (χ1v) is 15.3. The zero-order chi connectivity index (χ0) is 35.1. The van der Waals surface area contributed by atoms with Gasteiger partial charge in [-0.05, 0) is 24.3 Å². The van der Waals surface area contributed by atoms with Crippen molar-refractivity contribution in [1.82, 2.24) is 4.98 Å². The molecule has 49 heavy (non-hydrogen) atoms. The number of aromatic nitrogens is 1. The van der Waals surface area contributed by atoms with Crippen molar-refractivity contribution >= 4 is 11.1 Å². The topological polar surface area (TPSA) is 301 Å². The zero-order valence-electron chi connectivity index (χ0n) is 25.4. The molecule has 6 rings (SSSR count). The molecule has 0 bridgehead atoms. The minimum absolute atomic E-state index is 0.105. The van der Waals surface area contributed by atoms with Crippen LogP contribution in [0.25, 0.3) is 22.6 Å². The molecule has 0 aromatic heterocycles. The number of aliphatic hydroxyl groups excluding tert-OH is 10. The Hall–Kier alpha value is -2.96. The zero-order valence-corrected chi connectivity index (χ0v) is 25.4. The number of aliphatic hydroxyl groups is 10. The van der Waals surface area contributed by atoms with Crippen LogP contribution in [0.5, 0.6) is 5.75 Å². The standard InChI is InChI=1S/C30H37NO18/c32-7-16-19(36)20(37)23(40)29(45-16)48-27-18(9-34)47-30(25(42)22(27)39)49-26-17(8-33)46-28(24(41)21(26)38)43-11-2-4-13-15(6-11)44-14-5-10(35)1-3-12(14)31-13/h1-6,16-30,32-34,36-42H,7-9H2/t16-,17-,18-,19-,20+,21-,22-,23-,24-,25-,26-,27-,28-,29+,30+/m1/s1. The lowest BCUT2D eigenvalue weighted by atomic mass is 9.96. The average molecular weight is 700 g/mol. The highest BCUT2D eigenvalue weighted by atomic mass is 16.8. The molecule has 19 heteroatoms. The van der Waals surface area contributed by atoms with Gasteiger partial charge in [0.1, 0.15) is 90.2 Å². The third-order valence-electron chi connectivity index (χ3n) is 8.65. The van der Waals surface area contributed by atoms with Crippen molar-refractivity contribution in [1.29, 1.82) is 0 Å². The van der Waals surface area contributed by atoms with Crippen LogP contribution in [-0.2, 0) is 23.7 Å². The van der Waals surface area contributed by atoms with Crippen molar-refractivity contribution in [3.8, 4) is 17.2 Å². The maximum absolute atomic E-state index is 11.7. The molecule has 0 spiro atoms. The Morgan fingerprint density at radius 3 is 1.78 bits per heavy atom. The fourth-order valence-electron chi connectivity index (χ4n) is 5.93. The first-order valence-electron chi connectivity index (χ1n) is 15.3. The molecule has 19 nitrogen and oxygen atoms in total. The molecule has 3 saturated heterocycles. The second-order valence-corrected chi connectivity index (χ2v) is 11.9. The Kier molecular flexibility index (Phi) is 10.8. The Labute approximate surface area is 276 Å². The predicted octanol–water partition coefficient (Wildman–Crippen LogP) is -4.88. The maximum atomic E-state index is 11.7. The summed E-state index contributed by atoms with van der Waals surface area (Å²) in [4.78, 5) is 16.2. The van der Waals surface area contributed by atoms with Gasteiger partial charge in [-0.3, -0.25) is 4.79 Å². The molecule has 0 radical (unpaired) electrons. The monoisotopic (exact) mass is 699 g/mol. The lowest BCUT2D eigenvalue weighted by Crippen LogP contribution is -2.66. The molecule has 4 heterocycles. The quantitative estimate of drug-likeness (QED) is 0.0936. The lowest BCUT2D eigenvalue weighted by Gasteiger charge is -2.48. The van der Waals surface area contributed by atoms with Crippen LogP contribution < -0.4 is 10.2 Å². The van der Waals surface area contributed by atoms with Gasteiger partial charge in [-0.1, -0.05) is 0 Å². The van der Waals surface area contributed by atoms with E-state index in [-0.39, 0.29) is 22.5 Å². The molecule has 270 valence electrons. The lowest BCUT2D eigenvalue weighted by molar-refractivity contribution is -0.376. The van der Waals surface area contributed by atoms with Gasteiger partial charge >= 0.3 is 0 Å². The van der Waals surface area contributed by atoms with E-state index >= 15 is 0 Å². The fourth-order valence-corrected chi connectivity index (χ4v) is 5.93. The van der Waals surface area contributed by atoms with E-state index in [1.807, 2.05) is 0 Å². The molecule has 0 unspecified atom stereocenters. The summed E-state index contributed by atoms with van der Waals surface area (Å²) in [7, 11) is 0. The van der Waals surface area contributed by atoms with Gasteiger partial charge in [0.05, 0.1) is 19.8 Å². The van der Waals surface area contributed by atoms with Gasteiger partial charge in [0.25, 0.3) is 0 Å². The van der Waals surface area contributed by atoms with Crippen LogP contribution in [0, 0.1) is 0 Å². The van der Waals surface area contributed by atoms with Crippen LogP contribution in [0.1, 0.15) is 0 Å². The van der Waals surface area contributed by atoms with Crippen molar-refractivity contribution in [2.45, 2.75) is 92.1 Å². The summed E-state index contributed by atoms with van der Waals surface area (Å²) in [5.41, 5.74) is 0.836. The number of benzene rings is 2. The summed E-state index contributed by atoms with van der Waals surface area (Å²) in [5.74, 6) is 0.336. The van der Waals surface area contributed by atoms with Gasteiger partial charge in [-0.25, -0.2) is 4.98 Å². The van der Waals surface area contributed by atoms with Gasteiger partial charge in [-0.15, -0.1) is 0 Å². The molecule has 1 aromatic carbocycles. The van der Waals surface area contributed by atoms with E-state index in [1.165, 1.54) is 30.3 Å². The van der Waals surface area contributed by atoms with Crippen LogP contribution >= 0.6 is 0 Å². The molecule has 5 aliphatic rings. The number of fused-ring (bicyclic) bond motifs is 2. The Balaban J connectivity index is 1.13. The van der Waals surface area contributed by atoms with Crippen molar-refractivity contribution in [3.05, 3.63) is 46.6 Å². The summed E-state index contributed by atoms with van der Waals surface area (Å²) in [6.07, 6.45) is -25.4. The van der Waals surface area contributed by atoms with Crippen molar-refractivity contribution < 1.29 is 83.9 Å². The Bertz CT molecular complexity index is 1590. The number of ether oxygens (including phenoxy) is 6. The SMILES string of the molecule is O=c1ccc2nc3ccc(O[C@@H]4O[C@H](CO)[C@@H](O[C@@H]5O[C@H](CO)[C@@H](O[C@@H]6O[C@H](CO)[C@@H](O)[C@H](O)[C@H]6O)[C@H](O)[C@H]5O)[C@H](O)[C@H]4O)cc3oc-2c1. The third kappa shape index (κ3) is 7.02. The number of nitrogens with zero attached hydrogens (tertiary/aromatic N) is 1. The third-order valence-corrected chi connectivity index (χ3v) is 8.65. The molecule has 1 aromatic rings. The normalized spacial score (nSPS) is 40.1. The first-order chi connectivity index (χ1) is 23.4. The molecular weight excluding hydrogens is 662 g/mol. The van der Waals surface area contributed by atoms with E-state index in [1.54, 1.807) is 6.07 Å². The van der Waals surface area contributed by atoms with E-state index in [0.717, 1.165) is 0 Å². The summed E-state index contributed by atoms with van der Waals surface area (Å²) in [6.45, 7) is -2.39. The minimum atomic E-state index is -1.96. The molecular formula is C30H37NO18. The number of hydrogen-bond acceptors (Lipinski definition) is 19. The first kappa shape index (κ1) is 35.9. The molecule has 15 atom stereocenters. The number of rotatable bonds is 9. The van der Waals surface area contributed by atoms with Crippen LogP contribution in [0.2, 0.25) is 0 Å². The second-order valence-electron chi connectivity index (χ2n) is 11.9. The smallest absolute Gasteiger partial charge is 0.229 e. The fraction of sp³-hybridized carbons (Fsp3) is 0.600. The van der Waals surface area contributed by atoms with E-state index < -0.39 is 112 Å². The highest BCUT2D eigenvalue weighted by Gasteiger charge is 2.53. The maximum Gasteiger partial charge on any atom is 0.229 e. The highest BCUT2D eigenvalue weighted by molar-refractivity contribution is 5.77. The largest absolute Gasteiger partial charge is 0.462 e. The highest BCUT2D eigenvalue weighted by Crippen LogP contribution is 2.34. The van der Waals surface area contributed by atoms with Crippen molar-refractivity contribution in [2.24, 2.45) is 0 Å². The van der Waals surface area contributed by atoms with Gasteiger partial charge < -0.3 is 83.9 Å². The summed E-state index contributed by atoms with van der Waals surface area (Å²) in [6, 6.07) is 8.60. The molecule has 1 aliphatic carbocycles. The average Bonchev–Trinajstić information content (AvgIpc) is 3.09. The molecule has 0 saturated carbocycles.